The molecule has 3 rings (SSSR count). The highest BCUT2D eigenvalue weighted by molar-refractivity contribution is 5.86. The second-order valence-corrected chi connectivity index (χ2v) is 5.62. The topological polar surface area (TPSA) is 97.5 Å². The van der Waals surface area contributed by atoms with Gasteiger partial charge in [-0.1, -0.05) is 12.1 Å². The van der Waals surface area contributed by atoms with Crippen molar-refractivity contribution in [3.63, 3.8) is 0 Å². The SMILES string of the molecule is CC1COCCN1C1COC(=O)N1N=Cc1ccccc1[N+](=O)[O-]. The number of amides is 1. The number of hydrogen-bond acceptors (Lipinski definition) is 7. The molecule has 0 aromatic heterocycles. The molecule has 0 saturated carbocycles. The Hall–Kier alpha value is -2.52. The fourth-order valence-corrected chi connectivity index (χ4v) is 2.83. The van der Waals surface area contributed by atoms with Crippen LogP contribution in [0, 0.1) is 10.1 Å². The van der Waals surface area contributed by atoms with Crippen molar-refractivity contribution in [2.75, 3.05) is 26.4 Å². The summed E-state index contributed by atoms with van der Waals surface area (Å²) >= 11 is 0. The van der Waals surface area contributed by atoms with Gasteiger partial charge in [0.25, 0.3) is 5.69 Å². The molecule has 2 heterocycles. The minimum absolute atomic E-state index is 0.0647. The van der Waals surface area contributed by atoms with E-state index in [2.05, 4.69) is 10.0 Å². The van der Waals surface area contributed by atoms with Gasteiger partial charge in [-0.3, -0.25) is 15.0 Å². The molecule has 2 saturated heterocycles. The number of nitro benzene ring substituents is 1. The first-order valence-electron chi connectivity index (χ1n) is 7.65. The number of ether oxygens (including phenoxy) is 2. The first-order valence-corrected chi connectivity index (χ1v) is 7.65. The lowest BCUT2D eigenvalue weighted by Gasteiger charge is -2.38. The van der Waals surface area contributed by atoms with Crippen molar-refractivity contribution in [2.45, 2.75) is 19.1 Å². The Morgan fingerprint density at radius 3 is 2.92 bits per heavy atom. The van der Waals surface area contributed by atoms with Crippen LogP contribution in [0.5, 0.6) is 0 Å². The molecule has 9 nitrogen and oxygen atoms in total. The summed E-state index contributed by atoms with van der Waals surface area (Å²) < 4.78 is 10.5. The molecular weight excluding hydrogens is 316 g/mol. The summed E-state index contributed by atoms with van der Waals surface area (Å²) in [7, 11) is 0. The van der Waals surface area contributed by atoms with Gasteiger partial charge in [0.1, 0.15) is 12.8 Å². The predicted octanol–water partition coefficient (Wildman–Crippen LogP) is 1.43. The maximum Gasteiger partial charge on any atom is 0.432 e. The van der Waals surface area contributed by atoms with Crippen LogP contribution in [0.2, 0.25) is 0 Å². The van der Waals surface area contributed by atoms with Gasteiger partial charge in [-0.2, -0.15) is 10.1 Å². The molecule has 2 aliphatic heterocycles. The van der Waals surface area contributed by atoms with Gasteiger partial charge in [0.05, 0.1) is 29.9 Å². The summed E-state index contributed by atoms with van der Waals surface area (Å²) in [5.41, 5.74) is 0.265. The van der Waals surface area contributed by atoms with Gasteiger partial charge in [0, 0.05) is 18.7 Å². The standard InChI is InChI=1S/C15H18N4O5/c1-11-9-23-7-6-17(11)14-10-24-15(20)18(14)16-8-12-4-2-3-5-13(12)19(21)22/h2-5,8,11,14H,6-7,9-10H2,1H3. The first-order chi connectivity index (χ1) is 11.6. The van der Waals surface area contributed by atoms with E-state index >= 15 is 0 Å². The minimum Gasteiger partial charge on any atom is -0.444 e. The molecule has 24 heavy (non-hydrogen) atoms. The Bertz CT molecular complexity index is 665. The molecule has 0 bridgehead atoms. The molecule has 0 N–H and O–H groups in total. The van der Waals surface area contributed by atoms with Gasteiger partial charge in [-0.25, -0.2) is 4.79 Å². The number of hydrazone groups is 1. The Kier molecular flexibility index (Phi) is 4.72. The smallest absolute Gasteiger partial charge is 0.432 e. The summed E-state index contributed by atoms with van der Waals surface area (Å²) in [4.78, 5) is 24.6. The monoisotopic (exact) mass is 334 g/mol. The van der Waals surface area contributed by atoms with Crippen LogP contribution in [0.15, 0.2) is 29.4 Å². The van der Waals surface area contributed by atoms with E-state index in [4.69, 9.17) is 9.47 Å². The molecular formula is C15H18N4O5. The summed E-state index contributed by atoms with van der Waals surface area (Å²) in [6.45, 7) is 4.03. The molecule has 2 unspecified atom stereocenters. The van der Waals surface area contributed by atoms with E-state index in [1.54, 1.807) is 18.2 Å². The molecule has 2 fully saturated rings. The Morgan fingerprint density at radius 1 is 1.38 bits per heavy atom. The van der Waals surface area contributed by atoms with Crippen molar-refractivity contribution >= 4 is 18.0 Å². The van der Waals surface area contributed by atoms with Crippen molar-refractivity contribution < 1.29 is 19.2 Å². The average Bonchev–Trinajstić information content (AvgIpc) is 2.94. The van der Waals surface area contributed by atoms with Gasteiger partial charge in [0.2, 0.25) is 0 Å². The van der Waals surface area contributed by atoms with E-state index in [0.29, 0.717) is 25.3 Å². The third-order valence-corrected chi connectivity index (χ3v) is 4.08. The van der Waals surface area contributed by atoms with Crippen LogP contribution in [0.4, 0.5) is 10.5 Å². The number of rotatable bonds is 4. The molecule has 2 aliphatic rings. The third-order valence-electron chi connectivity index (χ3n) is 4.08. The Morgan fingerprint density at radius 2 is 2.17 bits per heavy atom. The van der Waals surface area contributed by atoms with Crippen LogP contribution >= 0.6 is 0 Å². The first kappa shape index (κ1) is 16.3. The Labute approximate surface area is 138 Å². The maximum atomic E-state index is 12.0. The van der Waals surface area contributed by atoms with E-state index in [9.17, 15) is 14.9 Å². The number of benzene rings is 1. The van der Waals surface area contributed by atoms with Crippen LogP contribution in [0.3, 0.4) is 0 Å². The lowest BCUT2D eigenvalue weighted by molar-refractivity contribution is -0.385. The summed E-state index contributed by atoms with van der Waals surface area (Å²) in [5.74, 6) is 0. The molecule has 1 amide bonds. The molecule has 0 spiro atoms. The average molecular weight is 334 g/mol. The fourth-order valence-electron chi connectivity index (χ4n) is 2.83. The zero-order valence-corrected chi connectivity index (χ0v) is 13.2. The van der Waals surface area contributed by atoms with Crippen LogP contribution in [-0.4, -0.2) is 65.7 Å². The second-order valence-electron chi connectivity index (χ2n) is 5.62. The zero-order valence-electron chi connectivity index (χ0n) is 13.2. The maximum absolute atomic E-state index is 12.0. The molecule has 1 aromatic carbocycles. The van der Waals surface area contributed by atoms with E-state index < -0.39 is 11.0 Å². The van der Waals surface area contributed by atoms with E-state index in [1.807, 2.05) is 6.92 Å². The van der Waals surface area contributed by atoms with Gasteiger partial charge >= 0.3 is 6.09 Å². The van der Waals surface area contributed by atoms with E-state index in [1.165, 1.54) is 17.3 Å². The molecule has 128 valence electrons. The van der Waals surface area contributed by atoms with Crippen molar-refractivity contribution in [1.82, 2.24) is 9.91 Å². The predicted molar refractivity (Wildman–Crippen MR) is 84.7 cm³/mol. The lowest BCUT2D eigenvalue weighted by atomic mass is 10.2. The summed E-state index contributed by atoms with van der Waals surface area (Å²) in [6, 6.07) is 6.36. The molecule has 0 aliphatic carbocycles. The molecule has 0 radical (unpaired) electrons. The van der Waals surface area contributed by atoms with Crippen LogP contribution < -0.4 is 0 Å². The normalized spacial score (nSPS) is 25.2. The summed E-state index contributed by atoms with van der Waals surface area (Å²) in [5, 5.41) is 16.4. The molecule has 1 aromatic rings. The number of cyclic esters (lactones) is 1. The second kappa shape index (κ2) is 6.93. The largest absolute Gasteiger partial charge is 0.444 e. The number of nitrogens with zero attached hydrogens (tertiary/aromatic N) is 4. The number of carbonyl (C=O) groups excluding carboxylic acids is 1. The summed E-state index contributed by atoms with van der Waals surface area (Å²) in [6.07, 6.45) is 0.423. The quantitative estimate of drug-likeness (QED) is 0.469. The molecule has 2 atom stereocenters. The highest BCUT2D eigenvalue weighted by Crippen LogP contribution is 2.22. The van der Waals surface area contributed by atoms with E-state index in [0.717, 1.165) is 0 Å². The third kappa shape index (κ3) is 3.22. The number of nitro groups is 1. The number of hydrogen-bond donors (Lipinski definition) is 0. The van der Waals surface area contributed by atoms with Gasteiger partial charge in [-0.15, -0.1) is 0 Å². The van der Waals surface area contributed by atoms with Gasteiger partial charge in [0.15, 0.2) is 0 Å². The number of carbonyl (C=O) groups is 1. The van der Waals surface area contributed by atoms with Crippen LogP contribution in [0.25, 0.3) is 0 Å². The van der Waals surface area contributed by atoms with Gasteiger partial charge < -0.3 is 9.47 Å². The van der Waals surface area contributed by atoms with Crippen molar-refractivity contribution in [1.29, 1.82) is 0 Å². The minimum atomic E-state index is -0.562. The zero-order chi connectivity index (χ0) is 17.1. The van der Waals surface area contributed by atoms with Gasteiger partial charge in [-0.05, 0) is 13.0 Å². The number of para-hydroxylation sites is 1. The van der Waals surface area contributed by atoms with Crippen LogP contribution in [0.1, 0.15) is 12.5 Å². The van der Waals surface area contributed by atoms with Crippen molar-refractivity contribution in [3.8, 4) is 0 Å². The fraction of sp³-hybridized carbons (Fsp3) is 0.467. The Balaban J connectivity index is 1.81. The number of morpholine rings is 1. The highest BCUT2D eigenvalue weighted by atomic mass is 16.6. The van der Waals surface area contributed by atoms with Crippen molar-refractivity contribution in [3.05, 3.63) is 39.9 Å². The van der Waals surface area contributed by atoms with Crippen LogP contribution in [-0.2, 0) is 9.47 Å². The molecule has 9 heteroatoms. The lowest BCUT2D eigenvalue weighted by Crippen LogP contribution is -2.54. The van der Waals surface area contributed by atoms with Crippen molar-refractivity contribution in [2.24, 2.45) is 5.10 Å². The van der Waals surface area contributed by atoms with E-state index in [-0.39, 0.29) is 24.5 Å². The highest BCUT2D eigenvalue weighted by Gasteiger charge is 2.40.